The molecule has 6 nitrogen and oxygen atoms in total. The van der Waals surface area contributed by atoms with Gasteiger partial charge in [0.2, 0.25) is 5.91 Å². The Hall–Kier alpha value is -2.05. The van der Waals surface area contributed by atoms with Gasteiger partial charge in [0, 0.05) is 24.2 Å². The third kappa shape index (κ3) is 3.83. The molecule has 122 valence electrons. The topological polar surface area (TPSA) is 58.6 Å². The molecule has 1 fully saturated rings. The highest BCUT2D eigenvalue weighted by molar-refractivity contribution is 5.80. The minimum absolute atomic E-state index is 0.133. The molecule has 0 bridgehead atoms. The van der Waals surface area contributed by atoms with Gasteiger partial charge in [-0.15, -0.1) is 0 Å². The van der Waals surface area contributed by atoms with E-state index in [0.717, 1.165) is 22.4 Å². The van der Waals surface area contributed by atoms with Crippen molar-refractivity contribution in [1.82, 2.24) is 19.8 Å². The van der Waals surface area contributed by atoms with Crippen LogP contribution < -0.4 is 0 Å². The minimum Gasteiger partial charge on any atom is -0.378 e. The van der Waals surface area contributed by atoms with E-state index >= 15 is 0 Å². The number of hydrogen-bond donors (Lipinski definition) is 0. The third-order valence-corrected chi connectivity index (χ3v) is 4.02. The number of benzene rings is 1. The Morgan fingerprint density at radius 3 is 2.78 bits per heavy atom. The van der Waals surface area contributed by atoms with Crippen LogP contribution in [0.4, 0.5) is 0 Å². The van der Waals surface area contributed by atoms with E-state index in [-0.39, 0.29) is 5.91 Å². The summed E-state index contributed by atoms with van der Waals surface area (Å²) in [5.41, 5.74) is 1.92. The molecule has 0 radical (unpaired) electrons. The van der Waals surface area contributed by atoms with Gasteiger partial charge in [-0.3, -0.25) is 9.69 Å². The Labute approximate surface area is 136 Å². The van der Waals surface area contributed by atoms with Gasteiger partial charge < -0.3 is 9.64 Å². The maximum Gasteiger partial charge on any atom is 0.236 e. The van der Waals surface area contributed by atoms with Crippen molar-refractivity contribution in [2.75, 3.05) is 39.9 Å². The summed E-state index contributed by atoms with van der Waals surface area (Å²) in [5, 5.41) is 1.07. The van der Waals surface area contributed by atoms with Crippen LogP contribution in [0.5, 0.6) is 0 Å². The normalized spacial score (nSPS) is 15.3. The lowest BCUT2D eigenvalue weighted by Crippen LogP contribution is -2.45. The van der Waals surface area contributed by atoms with Crippen molar-refractivity contribution in [1.29, 1.82) is 0 Å². The molecule has 23 heavy (non-hydrogen) atoms. The van der Waals surface area contributed by atoms with Crippen molar-refractivity contribution < 1.29 is 9.53 Å². The van der Waals surface area contributed by atoms with E-state index in [9.17, 15) is 4.79 Å². The van der Waals surface area contributed by atoms with E-state index in [1.807, 2.05) is 48.0 Å². The predicted molar refractivity (Wildman–Crippen MR) is 88.0 cm³/mol. The van der Waals surface area contributed by atoms with Crippen LogP contribution in [-0.4, -0.2) is 65.6 Å². The molecule has 0 N–H and O–H groups in total. The Bertz CT molecular complexity index is 698. The van der Waals surface area contributed by atoms with E-state index in [0.29, 0.717) is 39.4 Å². The number of morpholine rings is 1. The molecule has 0 atom stereocenters. The summed E-state index contributed by atoms with van der Waals surface area (Å²) in [7, 11) is 1.92. The summed E-state index contributed by atoms with van der Waals surface area (Å²) in [6, 6.07) is 7.99. The first kappa shape index (κ1) is 15.8. The number of aryl methyl sites for hydroxylation is 1. The second kappa shape index (κ2) is 7.02. The van der Waals surface area contributed by atoms with Crippen molar-refractivity contribution in [2.45, 2.75) is 13.5 Å². The molecule has 0 spiro atoms. The molecule has 1 aromatic heterocycles. The van der Waals surface area contributed by atoms with Crippen LogP contribution in [0.15, 0.2) is 24.3 Å². The number of aromatic nitrogens is 2. The van der Waals surface area contributed by atoms with E-state index in [2.05, 4.69) is 9.97 Å². The Kier molecular flexibility index (Phi) is 4.83. The van der Waals surface area contributed by atoms with Gasteiger partial charge in [-0.05, 0) is 20.0 Å². The van der Waals surface area contributed by atoms with Crippen molar-refractivity contribution >= 4 is 16.8 Å². The van der Waals surface area contributed by atoms with Gasteiger partial charge in [-0.1, -0.05) is 18.2 Å². The van der Waals surface area contributed by atoms with Gasteiger partial charge in [-0.2, -0.15) is 0 Å². The molecule has 1 amide bonds. The number of nitrogens with zero attached hydrogens (tertiary/aromatic N) is 4. The van der Waals surface area contributed by atoms with Crippen LogP contribution in [0.3, 0.4) is 0 Å². The van der Waals surface area contributed by atoms with E-state index in [4.69, 9.17) is 4.74 Å². The molecule has 1 saturated heterocycles. The quantitative estimate of drug-likeness (QED) is 0.849. The number of carbonyl (C=O) groups is 1. The zero-order chi connectivity index (χ0) is 16.2. The largest absolute Gasteiger partial charge is 0.378 e. The molecule has 0 unspecified atom stereocenters. The molecule has 3 rings (SSSR count). The van der Waals surface area contributed by atoms with Crippen LogP contribution in [0.2, 0.25) is 0 Å². The number of amides is 1. The Balaban J connectivity index is 1.65. The van der Waals surface area contributed by atoms with Gasteiger partial charge in [0.05, 0.1) is 31.8 Å². The molecule has 2 aromatic rings. The SMILES string of the molecule is Cc1nc(CN(C)CC(=O)N2CCOCC2)nc2ccccc12. The number of ether oxygens (including phenoxy) is 1. The second-order valence-corrected chi connectivity index (χ2v) is 5.91. The van der Waals surface area contributed by atoms with Gasteiger partial charge in [0.1, 0.15) is 5.82 Å². The first-order valence-corrected chi connectivity index (χ1v) is 7.90. The minimum atomic E-state index is 0.133. The van der Waals surface area contributed by atoms with Gasteiger partial charge >= 0.3 is 0 Å². The van der Waals surface area contributed by atoms with Gasteiger partial charge in [0.15, 0.2) is 0 Å². The Morgan fingerprint density at radius 1 is 1.26 bits per heavy atom. The van der Waals surface area contributed by atoms with Crippen molar-refractivity contribution in [3.63, 3.8) is 0 Å². The number of likely N-dealkylation sites (N-methyl/N-ethyl adjacent to an activating group) is 1. The van der Waals surface area contributed by atoms with Crippen molar-refractivity contribution in [3.8, 4) is 0 Å². The fourth-order valence-corrected chi connectivity index (χ4v) is 2.81. The maximum atomic E-state index is 12.3. The van der Waals surface area contributed by atoms with Crippen molar-refractivity contribution in [3.05, 3.63) is 35.8 Å². The Morgan fingerprint density at radius 2 is 2.00 bits per heavy atom. The van der Waals surface area contributed by atoms with Crippen LogP contribution >= 0.6 is 0 Å². The molecular weight excluding hydrogens is 292 g/mol. The summed E-state index contributed by atoms with van der Waals surface area (Å²) in [6.45, 7) is 5.53. The molecule has 1 aliphatic heterocycles. The highest BCUT2D eigenvalue weighted by Crippen LogP contribution is 2.15. The first-order chi connectivity index (χ1) is 11.1. The molecule has 0 aliphatic carbocycles. The summed E-state index contributed by atoms with van der Waals surface area (Å²) in [4.78, 5) is 25.2. The number of para-hydroxylation sites is 1. The fraction of sp³-hybridized carbons (Fsp3) is 0.471. The smallest absolute Gasteiger partial charge is 0.236 e. The van der Waals surface area contributed by atoms with Crippen LogP contribution in [0, 0.1) is 6.92 Å². The molecule has 6 heteroatoms. The lowest BCUT2D eigenvalue weighted by atomic mass is 10.2. The number of carbonyl (C=O) groups excluding carboxylic acids is 1. The van der Waals surface area contributed by atoms with Gasteiger partial charge in [-0.25, -0.2) is 9.97 Å². The van der Waals surface area contributed by atoms with E-state index in [1.54, 1.807) is 0 Å². The summed E-state index contributed by atoms with van der Waals surface area (Å²) >= 11 is 0. The zero-order valence-electron chi connectivity index (χ0n) is 13.7. The average Bonchev–Trinajstić information content (AvgIpc) is 2.55. The first-order valence-electron chi connectivity index (χ1n) is 7.90. The van der Waals surface area contributed by atoms with Crippen LogP contribution in [0.1, 0.15) is 11.5 Å². The number of hydrogen-bond acceptors (Lipinski definition) is 5. The fourth-order valence-electron chi connectivity index (χ4n) is 2.81. The molecular formula is C17H22N4O2. The molecule has 1 aromatic carbocycles. The maximum absolute atomic E-state index is 12.3. The second-order valence-electron chi connectivity index (χ2n) is 5.91. The predicted octanol–water partition coefficient (Wildman–Crippen LogP) is 1.23. The lowest BCUT2D eigenvalue weighted by molar-refractivity contribution is -0.136. The third-order valence-electron chi connectivity index (χ3n) is 4.02. The van der Waals surface area contributed by atoms with Crippen LogP contribution in [-0.2, 0) is 16.1 Å². The van der Waals surface area contributed by atoms with Crippen molar-refractivity contribution in [2.24, 2.45) is 0 Å². The summed E-state index contributed by atoms with van der Waals surface area (Å²) < 4.78 is 5.28. The standard InChI is InChI=1S/C17H22N4O2/c1-13-14-5-3-4-6-15(14)19-16(18-13)11-20(2)12-17(22)21-7-9-23-10-8-21/h3-6H,7-12H2,1-2H3. The summed E-state index contributed by atoms with van der Waals surface area (Å²) in [5.74, 6) is 0.881. The highest BCUT2D eigenvalue weighted by Gasteiger charge is 2.18. The molecule has 1 aliphatic rings. The van der Waals surface area contributed by atoms with E-state index < -0.39 is 0 Å². The molecule has 2 heterocycles. The van der Waals surface area contributed by atoms with Crippen LogP contribution in [0.25, 0.3) is 10.9 Å². The number of fused-ring (bicyclic) bond motifs is 1. The lowest BCUT2D eigenvalue weighted by Gasteiger charge is -2.28. The monoisotopic (exact) mass is 314 g/mol. The molecule has 0 saturated carbocycles. The summed E-state index contributed by atoms with van der Waals surface area (Å²) in [6.07, 6.45) is 0. The van der Waals surface area contributed by atoms with E-state index in [1.165, 1.54) is 0 Å². The average molecular weight is 314 g/mol. The zero-order valence-corrected chi connectivity index (χ0v) is 13.7. The number of rotatable bonds is 4. The highest BCUT2D eigenvalue weighted by atomic mass is 16.5. The van der Waals surface area contributed by atoms with Gasteiger partial charge in [0.25, 0.3) is 0 Å².